The van der Waals surface area contributed by atoms with Gasteiger partial charge in [-0.05, 0) is 36.8 Å². The van der Waals surface area contributed by atoms with Gasteiger partial charge in [-0.2, -0.15) is 0 Å². The minimum atomic E-state index is -0.256. The van der Waals surface area contributed by atoms with Crippen LogP contribution in [0.5, 0.6) is 17.2 Å². The molecule has 2 aromatic rings. The highest BCUT2D eigenvalue weighted by Gasteiger charge is 2.15. The predicted octanol–water partition coefficient (Wildman–Crippen LogP) is 3.11. The molecule has 0 radical (unpaired) electrons. The molecule has 0 unspecified atom stereocenters. The molecule has 0 saturated carbocycles. The van der Waals surface area contributed by atoms with E-state index in [0.717, 1.165) is 17.7 Å². The average molecular weight is 375 g/mol. The minimum Gasteiger partial charge on any atom is -0.493 e. The van der Waals surface area contributed by atoms with Crippen LogP contribution in [0.25, 0.3) is 0 Å². The van der Waals surface area contributed by atoms with Gasteiger partial charge < -0.3 is 24.8 Å². The predicted molar refractivity (Wildman–Crippen MR) is 104 cm³/mol. The van der Waals surface area contributed by atoms with Gasteiger partial charge in [-0.15, -0.1) is 0 Å². The van der Waals surface area contributed by atoms with Crippen molar-refractivity contribution in [3.05, 3.63) is 53.3 Å². The van der Waals surface area contributed by atoms with Gasteiger partial charge in [-0.1, -0.05) is 12.1 Å². The number of ether oxygens (including phenoxy) is 3. The number of guanidine groups is 1. The fourth-order valence-electron chi connectivity index (χ4n) is 2.58. The van der Waals surface area contributed by atoms with Crippen molar-refractivity contribution in [2.24, 2.45) is 4.99 Å². The first-order valence-corrected chi connectivity index (χ1v) is 8.67. The minimum absolute atomic E-state index is 0.256. The van der Waals surface area contributed by atoms with Gasteiger partial charge in [-0.3, -0.25) is 0 Å². The molecule has 2 rings (SSSR count). The van der Waals surface area contributed by atoms with Gasteiger partial charge in [0.15, 0.2) is 17.5 Å². The van der Waals surface area contributed by atoms with Crippen molar-refractivity contribution in [2.45, 2.75) is 20.0 Å². The highest BCUT2D eigenvalue weighted by Crippen LogP contribution is 2.39. The average Bonchev–Trinajstić information content (AvgIpc) is 2.70. The number of rotatable bonds is 8. The molecule has 0 bridgehead atoms. The monoisotopic (exact) mass is 375 g/mol. The standard InChI is InChI=1S/C20H26FN3O3/c1-5-22-20(23-12-14-6-9-16(21)10-7-14)24-13-15-8-11-17(25-2)19(27-4)18(15)26-3/h6-11H,5,12-13H2,1-4H3,(H2,22,23,24). The van der Waals surface area contributed by atoms with Crippen LogP contribution < -0.4 is 24.8 Å². The van der Waals surface area contributed by atoms with E-state index in [0.29, 0.717) is 36.3 Å². The third-order valence-corrected chi connectivity index (χ3v) is 3.91. The third-order valence-electron chi connectivity index (χ3n) is 3.91. The van der Waals surface area contributed by atoms with Crippen LogP contribution in [-0.2, 0) is 13.1 Å². The molecule has 0 amide bonds. The first kappa shape index (κ1) is 20.4. The maximum atomic E-state index is 13.0. The van der Waals surface area contributed by atoms with Crippen LogP contribution in [0.4, 0.5) is 4.39 Å². The largest absolute Gasteiger partial charge is 0.493 e. The van der Waals surface area contributed by atoms with Crippen LogP contribution in [-0.4, -0.2) is 33.8 Å². The molecule has 0 spiro atoms. The molecule has 0 heterocycles. The smallest absolute Gasteiger partial charge is 0.203 e. The summed E-state index contributed by atoms with van der Waals surface area (Å²) in [5.41, 5.74) is 1.83. The van der Waals surface area contributed by atoms with Crippen molar-refractivity contribution < 1.29 is 18.6 Å². The van der Waals surface area contributed by atoms with Crippen LogP contribution in [0.15, 0.2) is 41.4 Å². The van der Waals surface area contributed by atoms with Gasteiger partial charge in [0.25, 0.3) is 0 Å². The molecule has 0 aliphatic carbocycles. The fourth-order valence-corrected chi connectivity index (χ4v) is 2.58. The first-order chi connectivity index (χ1) is 13.1. The zero-order valence-electron chi connectivity index (χ0n) is 16.1. The summed E-state index contributed by atoms with van der Waals surface area (Å²) in [5.74, 6) is 2.16. The highest BCUT2D eigenvalue weighted by molar-refractivity contribution is 5.79. The Morgan fingerprint density at radius 3 is 2.22 bits per heavy atom. The summed E-state index contributed by atoms with van der Waals surface area (Å²) in [6.45, 7) is 3.64. The second-order valence-corrected chi connectivity index (χ2v) is 5.67. The van der Waals surface area contributed by atoms with Gasteiger partial charge in [-0.25, -0.2) is 9.38 Å². The third kappa shape index (κ3) is 5.51. The number of hydrogen-bond donors (Lipinski definition) is 2. The van der Waals surface area contributed by atoms with Gasteiger partial charge in [0.1, 0.15) is 5.82 Å². The molecule has 2 aromatic carbocycles. The van der Waals surface area contributed by atoms with Crippen molar-refractivity contribution in [1.29, 1.82) is 0 Å². The number of methoxy groups -OCH3 is 3. The van der Waals surface area contributed by atoms with Gasteiger partial charge in [0.05, 0.1) is 27.9 Å². The van der Waals surface area contributed by atoms with Crippen LogP contribution in [0.1, 0.15) is 18.1 Å². The number of nitrogens with one attached hydrogen (secondary N) is 2. The fraction of sp³-hybridized carbons (Fsp3) is 0.350. The summed E-state index contributed by atoms with van der Waals surface area (Å²) < 4.78 is 29.2. The quantitative estimate of drug-likeness (QED) is 0.548. The molecule has 0 saturated heterocycles. The summed E-state index contributed by atoms with van der Waals surface area (Å²) in [5, 5.41) is 6.46. The molecule has 0 fully saturated rings. The molecule has 0 aromatic heterocycles. The Morgan fingerprint density at radius 1 is 0.926 bits per heavy atom. The van der Waals surface area contributed by atoms with Crippen LogP contribution >= 0.6 is 0 Å². The summed E-state index contributed by atoms with van der Waals surface area (Å²) in [6.07, 6.45) is 0. The zero-order valence-corrected chi connectivity index (χ0v) is 16.1. The van der Waals surface area contributed by atoms with E-state index >= 15 is 0 Å². The summed E-state index contributed by atoms with van der Waals surface area (Å²) in [7, 11) is 4.75. The SMILES string of the molecule is CCNC(=NCc1ccc(F)cc1)NCc1ccc(OC)c(OC)c1OC. The second kappa shape index (κ2) is 10.3. The first-order valence-electron chi connectivity index (χ1n) is 8.67. The number of aliphatic imine (C=N–C) groups is 1. The van der Waals surface area contributed by atoms with Gasteiger partial charge in [0, 0.05) is 18.7 Å². The van der Waals surface area contributed by atoms with Crippen molar-refractivity contribution in [2.75, 3.05) is 27.9 Å². The maximum Gasteiger partial charge on any atom is 0.203 e. The molecule has 27 heavy (non-hydrogen) atoms. The van der Waals surface area contributed by atoms with Crippen molar-refractivity contribution in [3.63, 3.8) is 0 Å². The Labute approximate surface area is 159 Å². The zero-order chi connectivity index (χ0) is 19.6. The molecule has 2 N–H and O–H groups in total. The van der Waals surface area contributed by atoms with Gasteiger partial charge in [0.2, 0.25) is 5.75 Å². The Kier molecular flexibility index (Phi) is 7.73. The lowest BCUT2D eigenvalue weighted by Gasteiger charge is -2.17. The molecule has 7 heteroatoms. The Balaban J connectivity index is 2.13. The molecular formula is C20H26FN3O3. The number of hydrogen-bond acceptors (Lipinski definition) is 4. The van der Waals surface area contributed by atoms with Crippen molar-refractivity contribution >= 4 is 5.96 Å². The Morgan fingerprint density at radius 2 is 1.63 bits per heavy atom. The summed E-state index contributed by atoms with van der Waals surface area (Å²) in [6, 6.07) is 10.1. The van der Waals surface area contributed by atoms with Crippen molar-refractivity contribution in [3.8, 4) is 17.2 Å². The van der Waals surface area contributed by atoms with E-state index in [4.69, 9.17) is 14.2 Å². The van der Waals surface area contributed by atoms with E-state index in [9.17, 15) is 4.39 Å². The molecule has 0 aliphatic rings. The lowest BCUT2D eigenvalue weighted by atomic mass is 10.1. The lowest BCUT2D eigenvalue weighted by Crippen LogP contribution is -2.36. The van der Waals surface area contributed by atoms with E-state index in [2.05, 4.69) is 15.6 Å². The lowest BCUT2D eigenvalue weighted by molar-refractivity contribution is 0.322. The Bertz CT molecular complexity index is 764. The van der Waals surface area contributed by atoms with Crippen LogP contribution in [0.3, 0.4) is 0 Å². The van der Waals surface area contributed by atoms with Gasteiger partial charge >= 0.3 is 0 Å². The normalized spacial score (nSPS) is 11.1. The molecular weight excluding hydrogens is 349 g/mol. The second-order valence-electron chi connectivity index (χ2n) is 5.67. The highest BCUT2D eigenvalue weighted by atomic mass is 19.1. The van der Waals surface area contributed by atoms with Crippen LogP contribution in [0, 0.1) is 5.82 Å². The number of benzene rings is 2. The van der Waals surface area contributed by atoms with Crippen LogP contribution in [0.2, 0.25) is 0 Å². The van der Waals surface area contributed by atoms with E-state index in [1.54, 1.807) is 33.5 Å². The number of halogens is 1. The molecule has 0 atom stereocenters. The van der Waals surface area contributed by atoms with E-state index < -0.39 is 0 Å². The molecule has 0 aliphatic heterocycles. The van der Waals surface area contributed by atoms with E-state index in [1.807, 2.05) is 19.1 Å². The number of nitrogens with zero attached hydrogens (tertiary/aromatic N) is 1. The molecule has 146 valence electrons. The Hall–Kier alpha value is -2.96. The molecule has 6 nitrogen and oxygen atoms in total. The topological polar surface area (TPSA) is 64.1 Å². The van der Waals surface area contributed by atoms with Crippen molar-refractivity contribution in [1.82, 2.24) is 10.6 Å². The maximum absolute atomic E-state index is 13.0. The van der Waals surface area contributed by atoms with E-state index in [-0.39, 0.29) is 5.82 Å². The summed E-state index contributed by atoms with van der Waals surface area (Å²) >= 11 is 0. The summed E-state index contributed by atoms with van der Waals surface area (Å²) in [4.78, 5) is 4.54. The van der Waals surface area contributed by atoms with E-state index in [1.165, 1.54) is 12.1 Å².